The molecule has 1 aliphatic rings. The smallest absolute Gasteiger partial charge is 0.225 e. The van der Waals surface area contributed by atoms with Crippen molar-refractivity contribution in [2.75, 3.05) is 12.4 Å². The van der Waals surface area contributed by atoms with E-state index in [1.165, 1.54) is 0 Å². The van der Waals surface area contributed by atoms with Crippen molar-refractivity contribution in [2.45, 2.75) is 19.1 Å². The number of hydrogen-bond acceptors (Lipinski definition) is 4. The number of hydrogen-bond donors (Lipinski definition) is 0. The van der Waals surface area contributed by atoms with Crippen LogP contribution in [0.25, 0.3) is 0 Å². The summed E-state index contributed by atoms with van der Waals surface area (Å²) < 4.78 is 16.8. The normalized spacial score (nSPS) is 19.7. The van der Waals surface area contributed by atoms with Gasteiger partial charge in [0.15, 0.2) is 0 Å². The fourth-order valence-corrected chi connectivity index (χ4v) is 2.89. The van der Waals surface area contributed by atoms with Crippen molar-refractivity contribution in [2.24, 2.45) is 0 Å². The molecular formula is C9H11ClN2O2S. The summed E-state index contributed by atoms with van der Waals surface area (Å²) in [5.74, 6) is 1.61. The van der Waals surface area contributed by atoms with E-state index in [0.29, 0.717) is 30.4 Å². The summed E-state index contributed by atoms with van der Waals surface area (Å²) in [5, 5.41) is 0.199. The van der Waals surface area contributed by atoms with Crippen LogP contribution in [0.2, 0.25) is 5.28 Å². The second kappa shape index (κ2) is 4.45. The second-order valence-electron chi connectivity index (χ2n) is 3.19. The number of rotatable bonds is 2. The largest absolute Gasteiger partial charge is 0.478 e. The maximum Gasteiger partial charge on any atom is 0.225 e. The molecule has 1 unspecified atom stereocenters. The number of ether oxygens (including phenoxy) is 1. The molecule has 1 aliphatic heterocycles. The quantitative estimate of drug-likeness (QED) is 0.739. The summed E-state index contributed by atoms with van der Waals surface area (Å²) >= 11 is 5.78. The first-order valence-corrected chi connectivity index (χ1v) is 6.60. The van der Waals surface area contributed by atoms with Crippen LogP contribution in [-0.4, -0.2) is 26.5 Å². The predicted molar refractivity (Wildman–Crippen MR) is 58.6 cm³/mol. The summed E-state index contributed by atoms with van der Waals surface area (Å²) in [4.78, 5) is 8.14. The minimum absolute atomic E-state index is 0.199. The second-order valence-corrected chi connectivity index (χ2v) is 5.11. The highest BCUT2D eigenvalue weighted by atomic mass is 35.5. The Balaban J connectivity index is 2.45. The topological polar surface area (TPSA) is 52.1 Å². The third-order valence-electron chi connectivity index (χ3n) is 2.18. The zero-order chi connectivity index (χ0) is 10.8. The Kier molecular flexibility index (Phi) is 3.21. The maximum atomic E-state index is 11.4. The van der Waals surface area contributed by atoms with Crippen molar-refractivity contribution in [3.05, 3.63) is 16.5 Å². The van der Waals surface area contributed by atoms with Crippen molar-refractivity contribution in [3.8, 4) is 5.88 Å². The lowest BCUT2D eigenvalue weighted by Gasteiger charge is -2.17. The van der Waals surface area contributed by atoms with E-state index in [1.54, 1.807) is 0 Å². The molecule has 0 radical (unpaired) electrons. The molecule has 0 bridgehead atoms. The van der Waals surface area contributed by atoms with E-state index in [1.807, 2.05) is 6.92 Å². The Labute approximate surface area is 95.5 Å². The van der Waals surface area contributed by atoms with Gasteiger partial charge in [-0.25, -0.2) is 4.98 Å². The first-order chi connectivity index (χ1) is 7.20. The minimum Gasteiger partial charge on any atom is -0.478 e. The minimum atomic E-state index is -0.825. The van der Waals surface area contributed by atoms with Crippen LogP contribution in [0.5, 0.6) is 5.88 Å². The maximum absolute atomic E-state index is 11.4. The Bertz CT molecular complexity index is 411. The van der Waals surface area contributed by atoms with Gasteiger partial charge in [0.25, 0.3) is 0 Å². The first-order valence-electron chi connectivity index (χ1n) is 4.73. The molecule has 4 nitrogen and oxygen atoms in total. The summed E-state index contributed by atoms with van der Waals surface area (Å²) in [6.07, 6.45) is 0.685. The number of aryl methyl sites for hydroxylation is 1. The van der Waals surface area contributed by atoms with E-state index in [4.69, 9.17) is 16.3 Å². The Morgan fingerprint density at radius 3 is 3.07 bits per heavy atom. The van der Waals surface area contributed by atoms with E-state index in [0.717, 1.165) is 11.3 Å². The number of aromatic nitrogens is 2. The SMILES string of the molecule is CCOc1nc(Cl)nc2c1CS(=O)CC2. The molecule has 0 spiro atoms. The van der Waals surface area contributed by atoms with Gasteiger partial charge in [0.1, 0.15) is 0 Å². The third kappa shape index (κ3) is 2.29. The van der Waals surface area contributed by atoms with Crippen molar-refractivity contribution >= 4 is 22.4 Å². The van der Waals surface area contributed by atoms with Crippen molar-refractivity contribution < 1.29 is 8.95 Å². The summed E-state index contributed by atoms with van der Waals surface area (Å²) in [6.45, 7) is 2.40. The van der Waals surface area contributed by atoms with E-state index in [9.17, 15) is 4.21 Å². The van der Waals surface area contributed by atoms with E-state index in [2.05, 4.69) is 9.97 Å². The van der Waals surface area contributed by atoms with Gasteiger partial charge in [-0.3, -0.25) is 4.21 Å². The Morgan fingerprint density at radius 2 is 2.33 bits per heavy atom. The number of nitrogens with zero attached hydrogens (tertiary/aromatic N) is 2. The standard InChI is InChI=1S/C9H11ClN2O2S/c1-2-14-8-6-5-15(13)4-3-7(6)11-9(10)12-8/h2-5H2,1H3. The van der Waals surface area contributed by atoms with Gasteiger partial charge < -0.3 is 4.74 Å². The summed E-state index contributed by atoms with van der Waals surface area (Å²) in [7, 11) is -0.825. The summed E-state index contributed by atoms with van der Waals surface area (Å²) in [6, 6.07) is 0. The van der Waals surface area contributed by atoms with Gasteiger partial charge in [-0.15, -0.1) is 0 Å². The van der Waals surface area contributed by atoms with Gasteiger partial charge >= 0.3 is 0 Å². The van der Waals surface area contributed by atoms with Crippen LogP contribution in [0.4, 0.5) is 0 Å². The first kappa shape index (κ1) is 10.8. The average molecular weight is 247 g/mol. The van der Waals surface area contributed by atoms with Gasteiger partial charge in [-0.05, 0) is 18.5 Å². The Hall–Kier alpha value is -0.680. The van der Waals surface area contributed by atoms with Gasteiger partial charge in [0, 0.05) is 28.5 Å². The van der Waals surface area contributed by atoms with Crippen LogP contribution in [0.3, 0.4) is 0 Å². The molecule has 0 aromatic carbocycles. The zero-order valence-electron chi connectivity index (χ0n) is 8.33. The van der Waals surface area contributed by atoms with Crippen LogP contribution < -0.4 is 4.74 Å². The lowest BCUT2D eigenvalue weighted by molar-refractivity contribution is 0.322. The molecule has 2 rings (SSSR count). The van der Waals surface area contributed by atoms with Crippen LogP contribution >= 0.6 is 11.6 Å². The summed E-state index contributed by atoms with van der Waals surface area (Å²) in [5.41, 5.74) is 1.73. The predicted octanol–water partition coefficient (Wildman–Crippen LogP) is 1.33. The highest BCUT2D eigenvalue weighted by molar-refractivity contribution is 7.84. The molecule has 0 saturated carbocycles. The molecule has 2 heterocycles. The molecule has 1 aromatic rings. The van der Waals surface area contributed by atoms with Crippen molar-refractivity contribution in [1.29, 1.82) is 0 Å². The number of halogens is 1. The molecular weight excluding hydrogens is 236 g/mol. The van der Waals surface area contributed by atoms with Crippen molar-refractivity contribution in [1.82, 2.24) is 9.97 Å². The van der Waals surface area contributed by atoms with Crippen molar-refractivity contribution in [3.63, 3.8) is 0 Å². The molecule has 0 amide bonds. The molecule has 0 saturated heterocycles. The lowest BCUT2D eigenvalue weighted by Crippen LogP contribution is -2.17. The third-order valence-corrected chi connectivity index (χ3v) is 3.62. The molecule has 0 N–H and O–H groups in total. The van der Waals surface area contributed by atoms with Crippen LogP contribution in [0, 0.1) is 0 Å². The zero-order valence-corrected chi connectivity index (χ0v) is 9.90. The molecule has 6 heteroatoms. The molecule has 15 heavy (non-hydrogen) atoms. The molecule has 0 aliphatic carbocycles. The fraction of sp³-hybridized carbons (Fsp3) is 0.556. The van der Waals surface area contributed by atoms with Crippen LogP contribution in [0.1, 0.15) is 18.2 Å². The average Bonchev–Trinajstić information content (AvgIpc) is 2.19. The monoisotopic (exact) mass is 246 g/mol. The van der Waals surface area contributed by atoms with E-state index < -0.39 is 10.8 Å². The van der Waals surface area contributed by atoms with Gasteiger partial charge in [-0.1, -0.05) is 0 Å². The fourth-order valence-electron chi connectivity index (χ4n) is 1.53. The highest BCUT2D eigenvalue weighted by Crippen LogP contribution is 2.26. The molecule has 82 valence electrons. The van der Waals surface area contributed by atoms with E-state index >= 15 is 0 Å². The van der Waals surface area contributed by atoms with E-state index in [-0.39, 0.29) is 5.28 Å². The van der Waals surface area contributed by atoms with Crippen LogP contribution in [0.15, 0.2) is 0 Å². The molecule has 0 fully saturated rings. The lowest BCUT2D eigenvalue weighted by atomic mass is 10.2. The van der Waals surface area contributed by atoms with Gasteiger partial charge in [0.05, 0.1) is 18.1 Å². The van der Waals surface area contributed by atoms with Gasteiger partial charge in [-0.2, -0.15) is 4.98 Å². The molecule has 1 atom stereocenters. The van der Waals surface area contributed by atoms with Crippen LogP contribution in [-0.2, 0) is 23.0 Å². The highest BCUT2D eigenvalue weighted by Gasteiger charge is 2.21. The number of fused-ring (bicyclic) bond motifs is 1. The Morgan fingerprint density at radius 1 is 1.53 bits per heavy atom. The molecule has 1 aromatic heterocycles. The van der Waals surface area contributed by atoms with Gasteiger partial charge in [0.2, 0.25) is 11.2 Å².